The number of nitrogens with zero attached hydrogens (tertiary/aromatic N) is 1. The average Bonchev–Trinajstić information content (AvgIpc) is 2.79. The third kappa shape index (κ3) is 2.30. The third-order valence-electron chi connectivity index (χ3n) is 2.98. The lowest BCUT2D eigenvalue weighted by Gasteiger charge is -1.94. The molecule has 4 nitrogen and oxygen atoms in total. The minimum Gasteiger partial charge on any atom is -0.299 e. The summed E-state index contributed by atoms with van der Waals surface area (Å²) in [6.07, 6.45) is 4.06. The first-order chi connectivity index (χ1) is 6.59. The Morgan fingerprint density at radius 2 is 2.07 bits per heavy atom. The number of hydrogen-bond acceptors (Lipinski definition) is 3. The molecule has 1 rings (SSSR count). The van der Waals surface area contributed by atoms with Gasteiger partial charge in [-0.3, -0.25) is 14.9 Å². The zero-order chi connectivity index (χ0) is 10.7. The number of unbranched alkanes of at least 4 members (excludes halogenated alkanes) is 2. The molecular weight excluding hydrogens is 182 g/mol. The Bertz CT molecular complexity index is 220. The van der Waals surface area contributed by atoms with Crippen LogP contribution in [0.3, 0.4) is 0 Å². The van der Waals surface area contributed by atoms with Crippen LogP contribution >= 0.6 is 0 Å². The van der Waals surface area contributed by atoms with E-state index in [1.807, 2.05) is 0 Å². The number of hydrogen-bond donors (Lipinski definition) is 0. The van der Waals surface area contributed by atoms with Crippen molar-refractivity contribution in [3.63, 3.8) is 0 Å². The highest BCUT2D eigenvalue weighted by molar-refractivity contribution is 5.82. The van der Waals surface area contributed by atoms with E-state index in [-0.39, 0.29) is 22.5 Å². The van der Waals surface area contributed by atoms with Crippen LogP contribution in [0.2, 0.25) is 0 Å². The molecule has 0 heterocycles. The molecule has 0 saturated heterocycles. The van der Waals surface area contributed by atoms with E-state index >= 15 is 0 Å². The first-order valence-electron chi connectivity index (χ1n) is 5.23. The maximum atomic E-state index is 11.1. The zero-order valence-electron chi connectivity index (χ0n) is 8.73. The Labute approximate surface area is 83.8 Å². The SMILES string of the molecule is CCCCC[C@@H]1[C@@H](C(C)=O)[C@H]1[N+](=O)[O-]. The number of carbonyl (C=O) groups is 1. The van der Waals surface area contributed by atoms with Crippen molar-refractivity contribution in [2.24, 2.45) is 11.8 Å². The van der Waals surface area contributed by atoms with Gasteiger partial charge in [-0.15, -0.1) is 0 Å². The maximum absolute atomic E-state index is 11.1. The molecule has 0 bridgehead atoms. The summed E-state index contributed by atoms with van der Waals surface area (Å²) in [4.78, 5) is 21.3. The standard InChI is InChI=1S/C10H17NO3/c1-3-4-5-6-8-9(7(2)12)10(8)11(13)14/h8-10H,3-6H2,1-2H3/t8-,9-,10+/m1/s1. The van der Waals surface area contributed by atoms with Gasteiger partial charge in [0, 0.05) is 10.8 Å². The van der Waals surface area contributed by atoms with Crippen molar-refractivity contribution in [3.8, 4) is 0 Å². The molecule has 0 spiro atoms. The van der Waals surface area contributed by atoms with Gasteiger partial charge in [-0.25, -0.2) is 0 Å². The van der Waals surface area contributed by atoms with Gasteiger partial charge in [0.2, 0.25) is 6.04 Å². The number of Topliss-reactive ketones (excluding diaryl/α,β-unsaturated/α-hetero) is 1. The molecule has 0 N–H and O–H groups in total. The number of rotatable bonds is 6. The van der Waals surface area contributed by atoms with Crippen LogP contribution in [-0.4, -0.2) is 16.7 Å². The van der Waals surface area contributed by atoms with Gasteiger partial charge in [0.15, 0.2) is 0 Å². The Morgan fingerprint density at radius 3 is 2.43 bits per heavy atom. The molecule has 0 radical (unpaired) electrons. The predicted octanol–water partition coefficient (Wildman–Crippen LogP) is 2.05. The van der Waals surface area contributed by atoms with Crippen LogP contribution in [0.25, 0.3) is 0 Å². The first kappa shape index (κ1) is 11.1. The minimum atomic E-state index is -0.579. The third-order valence-corrected chi connectivity index (χ3v) is 2.98. The summed E-state index contributed by atoms with van der Waals surface area (Å²) in [5.74, 6) is -0.288. The van der Waals surface area contributed by atoms with E-state index < -0.39 is 6.04 Å². The lowest BCUT2D eigenvalue weighted by Crippen LogP contribution is -2.08. The Hall–Kier alpha value is -0.930. The summed E-state index contributed by atoms with van der Waals surface area (Å²) in [7, 11) is 0. The minimum absolute atomic E-state index is 0.0202. The van der Waals surface area contributed by atoms with Crippen molar-refractivity contribution in [2.45, 2.75) is 45.6 Å². The quantitative estimate of drug-likeness (QED) is 0.373. The van der Waals surface area contributed by atoms with Crippen molar-refractivity contribution < 1.29 is 9.72 Å². The number of ketones is 1. The topological polar surface area (TPSA) is 60.2 Å². The van der Waals surface area contributed by atoms with Gasteiger partial charge in [0.25, 0.3) is 0 Å². The van der Waals surface area contributed by atoms with Crippen LogP contribution in [0.15, 0.2) is 0 Å². The van der Waals surface area contributed by atoms with Crippen molar-refractivity contribution >= 4 is 5.78 Å². The van der Waals surface area contributed by atoms with E-state index in [0.29, 0.717) is 0 Å². The molecule has 4 heteroatoms. The van der Waals surface area contributed by atoms with E-state index in [4.69, 9.17) is 0 Å². The summed E-state index contributed by atoms with van der Waals surface area (Å²) in [6.45, 7) is 3.56. The Balaban J connectivity index is 2.38. The lowest BCUT2D eigenvalue weighted by molar-refractivity contribution is -0.500. The summed E-state index contributed by atoms with van der Waals surface area (Å²) in [6, 6.07) is -0.579. The molecule has 1 fully saturated rings. The smallest absolute Gasteiger partial charge is 0.227 e. The molecule has 0 aliphatic heterocycles. The summed E-state index contributed by atoms with van der Waals surface area (Å²) in [5.41, 5.74) is 0. The lowest BCUT2D eigenvalue weighted by atomic mass is 10.1. The molecule has 0 aromatic carbocycles. The summed E-state index contributed by atoms with van der Waals surface area (Å²) < 4.78 is 0. The Kier molecular flexibility index (Phi) is 3.61. The van der Waals surface area contributed by atoms with Gasteiger partial charge in [0.05, 0.1) is 5.92 Å². The van der Waals surface area contributed by atoms with Crippen LogP contribution in [0.4, 0.5) is 0 Å². The molecule has 0 aromatic rings. The van der Waals surface area contributed by atoms with E-state index in [1.54, 1.807) is 0 Å². The van der Waals surface area contributed by atoms with Gasteiger partial charge in [-0.05, 0) is 13.3 Å². The highest BCUT2D eigenvalue weighted by atomic mass is 16.6. The molecule has 3 atom stereocenters. The fraction of sp³-hybridized carbons (Fsp3) is 0.900. The van der Waals surface area contributed by atoms with Crippen LogP contribution in [0.5, 0.6) is 0 Å². The van der Waals surface area contributed by atoms with Gasteiger partial charge in [0.1, 0.15) is 5.78 Å². The fourth-order valence-electron chi connectivity index (χ4n) is 2.17. The molecule has 80 valence electrons. The highest BCUT2D eigenvalue weighted by Crippen LogP contribution is 2.45. The number of carbonyl (C=O) groups excluding carboxylic acids is 1. The molecule has 14 heavy (non-hydrogen) atoms. The van der Waals surface area contributed by atoms with Crippen molar-refractivity contribution in [1.29, 1.82) is 0 Å². The van der Waals surface area contributed by atoms with Crippen LogP contribution < -0.4 is 0 Å². The zero-order valence-corrected chi connectivity index (χ0v) is 8.73. The maximum Gasteiger partial charge on any atom is 0.227 e. The summed E-state index contributed by atoms with van der Waals surface area (Å²) in [5, 5.41) is 10.6. The largest absolute Gasteiger partial charge is 0.299 e. The second kappa shape index (κ2) is 4.53. The molecule has 0 amide bonds. The Morgan fingerprint density at radius 1 is 1.43 bits per heavy atom. The van der Waals surface area contributed by atoms with Crippen molar-refractivity contribution in [3.05, 3.63) is 10.1 Å². The molecular formula is C10H17NO3. The average molecular weight is 199 g/mol. The molecule has 1 saturated carbocycles. The molecule has 0 aromatic heterocycles. The van der Waals surface area contributed by atoms with Gasteiger partial charge in [-0.2, -0.15) is 0 Å². The van der Waals surface area contributed by atoms with Gasteiger partial charge < -0.3 is 0 Å². The van der Waals surface area contributed by atoms with Crippen molar-refractivity contribution in [2.75, 3.05) is 0 Å². The van der Waals surface area contributed by atoms with Crippen molar-refractivity contribution in [1.82, 2.24) is 0 Å². The second-order valence-electron chi connectivity index (χ2n) is 4.07. The number of nitro groups is 1. The molecule has 1 aliphatic carbocycles. The van der Waals surface area contributed by atoms with E-state index in [1.165, 1.54) is 6.92 Å². The monoisotopic (exact) mass is 199 g/mol. The summed E-state index contributed by atoms with van der Waals surface area (Å²) >= 11 is 0. The first-order valence-corrected chi connectivity index (χ1v) is 5.23. The highest BCUT2D eigenvalue weighted by Gasteiger charge is 2.61. The molecule has 0 unspecified atom stereocenters. The van der Waals surface area contributed by atoms with E-state index in [0.717, 1.165) is 25.7 Å². The van der Waals surface area contributed by atoms with Gasteiger partial charge >= 0.3 is 0 Å². The predicted molar refractivity (Wildman–Crippen MR) is 52.6 cm³/mol. The van der Waals surface area contributed by atoms with Crippen LogP contribution in [0, 0.1) is 22.0 Å². The fourth-order valence-corrected chi connectivity index (χ4v) is 2.17. The normalized spacial score (nSPS) is 30.0. The molecule has 1 aliphatic rings. The van der Waals surface area contributed by atoms with E-state index in [9.17, 15) is 14.9 Å². The van der Waals surface area contributed by atoms with E-state index in [2.05, 4.69) is 6.92 Å². The van der Waals surface area contributed by atoms with Crippen LogP contribution in [-0.2, 0) is 4.79 Å². The van der Waals surface area contributed by atoms with Crippen LogP contribution in [0.1, 0.15) is 39.5 Å². The van der Waals surface area contributed by atoms with Gasteiger partial charge in [-0.1, -0.05) is 26.2 Å². The second-order valence-corrected chi connectivity index (χ2v) is 4.07.